The van der Waals surface area contributed by atoms with E-state index in [0.717, 1.165) is 10.9 Å². The second-order valence-corrected chi connectivity index (χ2v) is 9.68. The minimum Gasteiger partial charge on any atom is -0.496 e. The Balaban J connectivity index is 1.32. The van der Waals surface area contributed by atoms with Crippen molar-refractivity contribution in [1.82, 2.24) is 9.66 Å². The van der Waals surface area contributed by atoms with Crippen LogP contribution < -0.4 is 15.0 Å². The van der Waals surface area contributed by atoms with Gasteiger partial charge in [0, 0.05) is 0 Å². The van der Waals surface area contributed by atoms with Gasteiger partial charge in [0.1, 0.15) is 23.7 Å². The Hall–Kier alpha value is -5.41. The van der Waals surface area contributed by atoms with Gasteiger partial charge in [-0.1, -0.05) is 41.9 Å². The molecule has 6 rings (SSSR count). The number of para-hydroxylation sites is 1. The topological polar surface area (TPSA) is 116 Å². The number of benzene rings is 4. The summed E-state index contributed by atoms with van der Waals surface area (Å²) in [6.07, 6.45) is 1.50. The minimum absolute atomic E-state index is 0.198. The molecule has 0 aliphatic rings. The van der Waals surface area contributed by atoms with Crippen molar-refractivity contribution >= 4 is 45.7 Å². The number of furan rings is 1. The van der Waals surface area contributed by atoms with Crippen LogP contribution in [0.2, 0.25) is 5.02 Å². The average Bonchev–Trinajstić information content (AvgIpc) is 3.45. The molecule has 0 spiro atoms. The number of aromatic carboxylic acids is 1. The van der Waals surface area contributed by atoms with Gasteiger partial charge in [-0.05, 0) is 71.8 Å². The third kappa shape index (κ3) is 5.21. The molecule has 9 nitrogen and oxygen atoms in total. The first-order valence-corrected chi connectivity index (χ1v) is 13.2. The Morgan fingerprint density at radius 2 is 1.81 bits per heavy atom. The van der Waals surface area contributed by atoms with E-state index >= 15 is 0 Å². The molecule has 0 amide bonds. The number of carboxylic acids is 1. The van der Waals surface area contributed by atoms with Crippen LogP contribution in [0, 0.1) is 0 Å². The second kappa shape index (κ2) is 11.2. The summed E-state index contributed by atoms with van der Waals surface area (Å²) in [5.74, 6) is 0.669. The quantitative estimate of drug-likeness (QED) is 0.201. The number of methoxy groups -OCH3 is 1. The monoisotopic (exact) mass is 579 g/mol. The van der Waals surface area contributed by atoms with Crippen molar-refractivity contribution in [3.63, 3.8) is 0 Å². The largest absolute Gasteiger partial charge is 0.496 e. The summed E-state index contributed by atoms with van der Waals surface area (Å²) >= 11 is 6.48. The zero-order chi connectivity index (χ0) is 29.2. The normalized spacial score (nSPS) is 11.4. The predicted octanol–water partition coefficient (Wildman–Crippen LogP) is 6.63. The van der Waals surface area contributed by atoms with Crippen molar-refractivity contribution < 1.29 is 23.8 Å². The first-order valence-electron chi connectivity index (χ1n) is 12.8. The maximum Gasteiger partial charge on any atom is 0.335 e. The number of carbonyl (C=O) groups is 1. The van der Waals surface area contributed by atoms with E-state index < -0.39 is 5.97 Å². The number of aromatic nitrogens is 2. The summed E-state index contributed by atoms with van der Waals surface area (Å²) in [4.78, 5) is 29.3. The fraction of sp³-hybridized carbons (Fsp3) is 0.0625. The van der Waals surface area contributed by atoms with E-state index in [1.54, 1.807) is 61.7 Å². The maximum atomic E-state index is 13.5. The number of carboxylic acid groups (broad SMARTS) is 1. The van der Waals surface area contributed by atoms with E-state index in [0.29, 0.717) is 44.3 Å². The van der Waals surface area contributed by atoms with Crippen molar-refractivity contribution in [2.75, 3.05) is 7.11 Å². The van der Waals surface area contributed by atoms with E-state index in [1.165, 1.54) is 23.0 Å². The van der Waals surface area contributed by atoms with Crippen molar-refractivity contribution in [2.45, 2.75) is 6.61 Å². The van der Waals surface area contributed by atoms with Gasteiger partial charge >= 0.3 is 5.97 Å². The van der Waals surface area contributed by atoms with E-state index in [-0.39, 0.29) is 23.6 Å². The van der Waals surface area contributed by atoms with Crippen LogP contribution in [0.5, 0.6) is 11.5 Å². The summed E-state index contributed by atoms with van der Waals surface area (Å²) in [5.41, 5.74) is 2.35. The number of hydrogen-bond donors (Lipinski definition) is 1. The third-order valence-electron chi connectivity index (χ3n) is 6.59. The molecule has 0 fully saturated rings. The number of rotatable bonds is 8. The Morgan fingerprint density at radius 3 is 2.57 bits per heavy atom. The SMILES string of the molecule is COc1cccc2oc(-c3nc4ccccc4c(=O)n3N=Cc3ccc(OCc4ccc(C(=O)O)cc4)c(Cl)c3)cc12. The number of nitrogens with zero attached hydrogens (tertiary/aromatic N) is 3. The Morgan fingerprint density at radius 1 is 1.00 bits per heavy atom. The van der Waals surface area contributed by atoms with Gasteiger partial charge in [-0.2, -0.15) is 9.78 Å². The highest BCUT2D eigenvalue weighted by Crippen LogP contribution is 2.33. The molecule has 6 aromatic rings. The van der Waals surface area contributed by atoms with Gasteiger partial charge in [0.05, 0.1) is 40.2 Å². The van der Waals surface area contributed by atoms with Crippen molar-refractivity contribution in [2.24, 2.45) is 5.10 Å². The Bertz CT molecular complexity index is 2050. The summed E-state index contributed by atoms with van der Waals surface area (Å²) in [7, 11) is 1.58. The van der Waals surface area contributed by atoms with Gasteiger partial charge < -0.3 is 19.0 Å². The molecule has 0 aliphatic carbocycles. The molecule has 0 unspecified atom stereocenters. The van der Waals surface area contributed by atoms with Crippen molar-refractivity contribution in [3.05, 3.63) is 123 Å². The van der Waals surface area contributed by atoms with Crippen LogP contribution in [-0.2, 0) is 6.61 Å². The molecule has 4 aromatic carbocycles. The lowest BCUT2D eigenvalue weighted by molar-refractivity contribution is 0.0697. The molecule has 0 atom stereocenters. The average molecular weight is 580 g/mol. The number of halogens is 1. The molecule has 2 heterocycles. The fourth-order valence-electron chi connectivity index (χ4n) is 4.46. The molecular formula is C32H22ClN3O6. The van der Waals surface area contributed by atoms with E-state index in [9.17, 15) is 9.59 Å². The predicted molar refractivity (Wildman–Crippen MR) is 160 cm³/mol. The van der Waals surface area contributed by atoms with Gasteiger partial charge in [-0.15, -0.1) is 0 Å². The zero-order valence-electron chi connectivity index (χ0n) is 22.2. The molecule has 2 aromatic heterocycles. The molecule has 0 bridgehead atoms. The van der Waals surface area contributed by atoms with Gasteiger partial charge in [-0.25, -0.2) is 9.78 Å². The zero-order valence-corrected chi connectivity index (χ0v) is 22.9. The highest BCUT2D eigenvalue weighted by atomic mass is 35.5. The lowest BCUT2D eigenvalue weighted by Gasteiger charge is -2.09. The molecular weight excluding hydrogens is 558 g/mol. The first kappa shape index (κ1) is 26.8. The van der Waals surface area contributed by atoms with Crippen LogP contribution in [0.4, 0.5) is 0 Å². The lowest BCUT2D eigenvalue weighted by atomic mass is 10.1. The van der Waals surface area contributed by atoms with E-state index in [4.69, 9.17) is 35.6 Å². The van der Waals surface area contributed by atoms with Gasteiger partial charge in [0.15, 0.2) is 5.76 Å². The lowest BCUT2D eigenvalue weighted by Crippen LogP contribution is -2.20. The number of ether oxygens (including phenoxy) is 2. The summed E-state index contributed by atoms with van der Waals surface area (Å²) < 4.78 is 18.5. The third-order valence-corrected chi connectivity index (χ3v) is 6.88. The molecule has 42 heavy (non-hydrogen) atoms. The van der Waals surface area contributed by atoms with Crippen molar-refractivity contribution in [1.29, 1.82) is 0 Å². The second-order valence-electron chi connectivity index (χ2n) is 9.28. The first-order chi connectivity index (χ1) is 20.4. The minimum atomic E-state index is -0.991. The van der Waals surface area contributed by atoms with Crippen LogP contribution in [0.1, 0.15) is 21.5 Å². The maximum absolute atomic E-state index is 13.5. The summed E-state index contributed by atoms with van der Waals surface area (Å²) in [6.45, 7) is 0.205. The van der Waals surface area contributed by atoms with Gasteiger partial charge in [-0.3, -0.25) is 4.79 Å². The molecule has 0 saturated heterocycles. The number of hydrogen-bond acceptors (Lipinski definition) is 7. The molecule has 10 heteroatoms. The highest BCUT2D eigenvalue weighted by Gasteiger charge is 2.18. The summed E-state index contributed by atoms with van der Waals surface area (Å²) in [6, 6.07) is 25.8. The molecule has 0 saturated carbocycles. The molecule has 1 N–H and O–H groups in total. The fourth-order valence-corrected chi connectivity index (χ4v) is 4.70. The van der Waals surface area contributed by atoms with Crippen LogP contribution in [0.3, 0.4) is 0 Å². The van der Waals surface area contributed by atoms with Crippen LogP contribution in [0.25, 0.3) is 33.5 Å². The molecule has 0 aliphatic heterocycles. The molecule has 0 radical (unpaired) electrons. The van der Waals surface area contributed by atoms with Gasteiger partial charge in [0.2, 0.25) is 5.82 Å². The standard InChI is InChI=1S/C32H22ClN3O6/c1-40-26-7-4-8-27-23(26)16-29(42-27)30-35-25-6-3-2-5-22(25)31(37)36(30)34-17-20-11-14-28(24(33)15-20)41-18-19-9-12-21(13-10-19)32(38)39/h2-17H,18H2,1H3,(H,38,39). The number of fused-ring (bicyclic) bond motifs is 2. The highest BCUT2D eigenvalue weighted by molar-refractivity contribution is 6.32. The van der Waals surface area contributed by atoms with E-state index in [2.05, 4.69) is 5.10 Å². The van der Waals surface area contributed by atoms with Crippen LogP contribution in [-0.4, -0.2) is 34.1 Å². The van der Waals surface area contributed by atoms with Crippen LogP contribution in [0.15, 0.2) is 105 Å². The smallest absolute Gasteiger partial charge is 0.335 e. The van der Waals surface area contributed by atoms with Crippen molar-refractivity contribution in [3.8, 4) is 23.1 Å². The Labute approximate surface area is 243 Å². The van der Waals surface area contributed by atoms with Crippen LogP contribution >= 0.6 is 11.6 Å². The van der Waals surface area contributed by atoms with Gasteiger partial charge in [0.25, 0.3) is 5.56 Å². The molecule has 208 valence electrons. The van der Waals surface area contributed by atoms with E-state index in [1.807, 2.05) is 24.3 Å². The summed E-state index contributed by atoms with van der Waals surface area (Å²) in [5, 5.41) is 15.0. The Kier molecular flexibility index (Phi) is 7.16.